The van der Waals surface area contributed by atoms with Crippen LogP contribution in [0.1, 0.15) is 31.9 Å². The summed E-state index contributed by atoms with van der Waals surface area (Å²) in [6.45, 7) is 7.70. The van der Waals surface area contributed by atoms with Crippen LogP contribution in [-0.2, 0) is 16.1 Å². The van der Waals surface area contributed by atoms with Crippen molar-refractivity contribution in [2.24, 2.45) is 0 Å². The number of ether oxygens (including phenoxy) is 2. The third kappa shape index (κ3) is 6.82. The van der Waals surface area contributed by atoms with Crippen LogP contribution in [0.2, 0.25) is 0 Å². The average Bonchev–Trinajstić information content (AvgIpc) is 2.71. The molecule has 0 radical (unpaired) electrons. The molecular formula is C23H30N2O4. The van der Waals surface area contributed by atoms with Crippen molar-refractivity contribution in [1.29, 1.82) is 0 Å². The predicted molar refractivity (Wildman–Crippen MR) is 113 cm³/mol. The van der Waals surface area contributed by atoms with E-state index in [2.05, 4.69) is 5.32 Å². The Bertz CT molecular complexity index is 801. The van der Waals surface area contributed by atoms with Crippen LogP contribution in [0.5, 0.6) is 11.5 Å². The molecule has 0 fully saturated rings. The van der Waals surface area contributed by atoms with Gasteiger partial charge in [-0.1, -0.05) is 29.8 Å². The Balaban J connectivity index is 2.11. The number of methoxy groups -OCH3 is 1. The monoisotopic (exact) mass is 398 g/mol. The number of benzene rings is 2. The van der Waals surface area contributed by atoms with E-state index in [1.807, 2.05) is 45.0 Å². The van der Waals surface area contributed by atoms with Crippen molar-refractivity contribution in [1.82, 2.24) is 10.2 Å². The fourth-order valence-corrected chi connectivity index (χ4v) is 2.78. The van der Waals surface area contributed by atoms with Crippen LogP contribution in [0.25, 0.3) is 0 Å². The lowest BCUT2D eigenvalue weighted by molar-refractivity contribution is -0.142. The average molecular weight is 399 g/mol. The molecular weight excluding hydrogens is 368 g/mol. The zero-order valence-corrected chi connectivity index (χ0v) is 17.8. The number of carbonyl (C=O) groups excluding carboxylic acids is 2. The molecule has 0 heterocycles. The van der Waals surface area contributed by atoms with Gasteiger partial charge >= 0.3 is 0 Å². The molecule has 1 unspecified atom stereocenters. The minimum Gasteiger partial charge on any atom is -0.497 e. The van der Waals surface area contributed by atoms with Gasteiger partial charge in [-0.25, -0.2) is 0 Å². The molecule has 0 spiro atoms. The van der Waals surface area contributed by atoms with E-state index < -0.39 is 6.04 Å². The lowest BCUT2D eigenvalue weighted by atomic mass is 10.1. The zero-order valence-electron chi connectivity index (χ0n) is 17.8. The van der Waals surface area contributed by atoms with Gasteiger partial charge in [-0.05, 0) is 57.5 Å². The Hall–Kier alpha value is -3.02. The molecule has 29 heavy (non-hydrogen) atoms. The molecule has 2 amide bonds. The molecule has 2 aromatic carbocycles. The Morgan fingerprint density at radius 3 is 2.10 bits per heavy atom. The SMILES string of the molecule is COc1ccc(OCC(=O)N(Cc2ccc(C)cc2)C(C)C(=O)NC(C)C)cc1. The summed E-state index contributed by atoms with van der Waals surface area (Å²) in [7, 11) is 1.59. The van der Waals surface area contributed by atoms with Crippen LogP contribution in [0.3, 0.4) is 0 Å². The Kier molecular flexibility index (Phi) is 8.07. The van der Waals surface area contributed by atoms with Crippen molar-refractivity contribution >= 4 is 11.8 Å². The summed E-state index contributed by atoms with van der Waals surface area (Å²) in [6.07, 6.45) is 0. The Morgan fingerprint density at radius 1 is 0.966 bits per heavy atom. The van der Waals surface area contributed by atoms with Gasteiger partial charge in [0.25, 0.3) is 5.91 Å². The van der Waals surface area contributed by atoms with E-state index in [1.165, 1.54) is 0 Å². The van der Waals surface area contributed by atoms with E-state index in [-0.39, 0.29) is 24.5 Å². The van der Waals surface area contributed by atoms with Crippen LogP contribution in [0.15, 0.2) is 48.5 Å². The minimum absolute atomic E-state index is 0.00294. The second-order valence-electron chi connectivity index (χ2n) is 7.31. The standard InChI is InChI=1S/C23H30N2O4/c1-16(2)24-23(27)18(4)25(14-19-8-6-17(3)7-9-19)22(26)15-29-21-12-10-20(28-5)11-13-21/h6-13,16,18H,14-15H2,1-5H3,(H,24,27). The van der Waals surface area contributed by atoms with E-state index >= 15 is 0 Å². The van der Waals surface area contributed by atoms with E-state index in [0.717, 1.165) is 11.1 Å². The molecule has 1 N–H and O–H groups in total. The zero-order chi connectivity index (χ0) is 21.4. The van der Waals surface area contributed by atoms with Gasteiger partial charge in [0.15, 0.2) is 6.61 Å². The largest absolute Gasteiger partial charge is 0.497 e. The number of aryl methyl sites for hydroxylation is 1. The minimum atomic E-state index is -0.620. The van der Waals surface area contributed by atoms with Crippen molar-refractivity contribution in [2.45, 2.75) is 46.3 Å². The highest BCUT2D eigenvalue weighted by molar-refractivity contribution is 5.88. The molecule has 6 nitrogen and oxygen atoms in total. The molecule has 2 aromatic rings. The maximum Gasteiger partial charge on any atom is 0.261 e. The smallest absolute Gasteiger partial charge is 0.261 e. The molecule has 0 aliphatic heterocycles. The summed E-state index contributed by atoms with van der Waals surface area (Å²) in [5.74, 6) is 0.829. The third-order valence-corrected chi connectivity index (χ3v) is 4.49. The van der Waals surface area contributed by atoms with Gasteiger partial charge in [0.1, 0.15) is 17.5 Å². The summed E-state index contributed by atoms with van der Waals surface area (Å²) in [5.41, 5.74) is 2.10. The van der Waals surface area contributed by atoms with Crippen LogP contribution in [0, 0.1) is 6.92 Å². The van der Waals surface area contributed by atoms with Crippen LogP contribution in [-0.4, -0.2) is 42.5 Å². The lowest BCUT2D eigenvalue weighted by Crippen LogP contribution is -2.50. The second-order valence-corrected chi connectivity index (χ2v) is 7.31. The number of carbonyl (C=O) groups is 2. The predicted octanol–water partition coefficient (Wildman–Crippen LogP) is 3.32. The number of nitrogens with zero attached hydrogens (tertiary/aromatic N) is 1. The molecule has 2 rings (SSSR count). The quantitative estimate of drug-likeness (QED) is 0.704. The fourth-order valence-electron chi connectivity index (χ4n) is 2.78. The fraction of sp³-hybridized carbons (Fsp3) is 0.391. The Morgan fingerprint density at radius 2 is 1.55 bits per heavy atom. The number of amides is 2. The summed E-state index contributed by atoms with van der Waals surface area (Å²) in [4.78, 5) is 27.0. The molecule has 0 bridgehead atoms. The maximum absolute atomic E-state index is 12.9. The highest BCUT2D eigenvalue weighted by Gasteiger charge is 2.26. The van der Waals surface area contributed by atoms with Crippen molar-refractivity contribution in [3.8, 4) is 11.5 Å². The number of hydrogen-bond acceptors (Lipinski definition) is 4. The van der Waals surface area contributed by atoms with Crippen molar-refractivity contribution in [3.05, 3.63) is 59.7 Å². The lowest BCUT2D eigenvalue weighted by Gasteiger charge is -2.29. The molecule has 0 aliphatic carbocycles. The summed E-state index contributed by atoms with van der Waals surface area (Å²) >= 11 is 0. The van der Waals surface area contributed by atoms with E-state index in [1.54, 1.807) is 43.2 Å². The van der Waals surface area contributed by atoms with Gasteiger partial charge in [-0.3, -0.25) is 9.59 Å². The summed E-state index contributed by atoms with van der Waals surface area (Å²) in [5, 5.41) is 2.87. The highest BCUT2D eigenvalue weighted by Crippen LogP contribution is 2.18. The van der Waals surface area contributed by atoms with E-state index in [0.29, 0.717) is 18.0 Å². The Labute approximate surface area is 172 Å². The number of hydrogen-bond donors (Lipinski definition) is 1. The van der Waals surface area contributed by atoms with Gasteiger partial charge in [0.05, 0.1) is 7.11 Å². The first-order chi connectivity index (χ1) is 13.8. The third-order valence-electron chi connectivity index (χ3n) is 4.49. The molecule has 0 saturated carbocycles. The first-order valence-corrected chi connectivity index (χ1v) is 9.72. The van der Waals surface area contributed by atoms with Gasteiger partial charge in [-0.15, -0.1) is 0 Å². The first-order valence-electron chi connectivity index (χ1n) is 9.72. The highest BCUT2D eigenvalue weighted by atomic mass is 16.5. The first kappa shape index (κ1) is 22.3. The van der Waals surface area contributed by atoms with Gasteiger partial charge < -0.3 is 19.7 Å². The van der Waals surface area contributed by atoms with Gasteiger partial charge in [-0.2, -0.15) is 0 Å². The maximum atomic E-state index is 12.9. The van der Waals surface area contributed by atoms with E-state index in [4.69, 9.17) is 9.47 Å². The van der Waals surface area contributed by atoms with Crippen LogP contribution in [0.4, 0.5) is 0 Å². The van der Waals surface area contributed by atoms with Crippen LogP contribution < -0.4 is 14.8 Å². The molecule has 6 heteroatoms. The van der Waals surface area contributed by atoms with Crippen molar-refractivity contribution < 1.29 is 19.1 Å². The topological polar surface area (TPSA) is 67.9 Å². The number of rotatable bonds is 9. The van der Waals surface area contributed by atoms with Gasteiger partial charge in [0.2, 0.25) is 5.91 Å². The molecule has 0 saturated heterocycles. The summed E-state index contributed by atoms with van der Waals surface area (Å²) in [6, 6.07) is 14.3. The molecule has 0 aromatic heterocycles. The second kappa shape index (κ2) is 10.5. The normalized spacial score (nSPS) is 11.7. The van der Waals surface area contributed by atoms with Crippen molar-refractivity contribution in [2.75, 3.05) is 13.7 Å². The van der Waals surface area contributed by atoms with Crippen LogP contribution >= 0.6 is 0 Å². The van der Waals surface area contributed by atoms with E-state index in [9.17, 15) is 9.59 Å². The number of nitrogens with one attached hydrogen (secondary N) is 1. The van der Waals surface area contributed by atoms with Gasteiger partial charge in [0, 0.05) is 12.6 Å². The molecule has 1 atom stereocenters. The molecule has 156 valence electrons. The molecule has 0 aliphatic rings. The van der Waals surface area contributed by atoms with Crippen molar-refractivity contribution in [3.63, 3.8) is 0 Å². The summed E-state index contributed by atoms with van der Waals surface area (Å²) < 4.78 is 10.8.